The molecule has 0 amide bonds. The summed E-state index contributed by atoms with van der Waals surface area (Å²) < 4.78 is 0. The third kappa shape index (κ3) is 3.05. The van der Waals surface area contributed by atoms with Crippen molar-refractivity contribution in [3.8, 4) is 0 Å². The van der Waals surface area contributed by atoms with Crippen molar-refractivity contribution in [3.05, 3.63) is 57.8 Å². The maximum Gasteiger partial charge on any atom is 0.164 e. The van der Waals surface area contributed by atoms with Gasteiger partial charge in [0.05, 0.1) is 0 Å². The fraction of sp³-hybridized carbons (Fsp3) is 0.143. The second-order valence-corrected chi connectivity index (χ2v) is 4.78. The molecule has 0 spiro atoms. The first-order chi connectivity index (χ1) is 8.99. The number of aryl methyl sites for hydroxylation is 1. The van der Waals surface area contributed by atoms with Gasteiger partial charge in [-0.25, -0.2) is 5.21 Å². The molecule has 2 aromatic carbocycles. The average Bonchev–Trinajstić information content (AvgIpc) is 2.37. The second-order valence-electron chi connectivity index (χ2n) is 4.37. The van der Waals surface area contributed by atoms with Crippen LogP contribution in [0, 0.1) is 19.1 Å². The summed E-state index contributed by atoms with van der Waals surface area (Å²) in [6, 6.07) is 10.6. The molecule has 0 saturated heterocycles. The molecule has 100 valence electrons. The second kappa shape index (κ2) is 5.59. The van der Waals surface area contributed by atoms with Gasteiger partial charge in [-0.15, -0.1) is 0 Å². The first-order valence-corrected chi connectivity index (χ1v) is 6.23. The van der Waals surface area contributed by atoms with Crippen LogP contribution in [0.1, 0.15) is 11.1 Å². The summed E-state index contributed by atoms with van der Waals surface area (Å²) in [5, 5.41) is 22.9. The molecule has 3 N–H and O–H groups in total. The predicted molar refractivity (Wildman–Crippen MR) is 76.4 cm³/mol. The molecular weight excluding hydrogens is 264 g/mol. The van der Waals surface area contributed by atoms with Gasteiger partial charge in [0.25, 0.3) is 0 Å². The standard InChI is InChI=1S/C14H15ClN2O2/c1-9-8-11(17(18)19)6-7-13(9)16-14-5-3-4-12(15)10(14)2/h3-8,16-18H,1-2H3. The molecule has 0 aliphatic carbocycles. The zero-order chi connectivity index (χ0) is 14.0. The molecule has 4 nitrogen and oxygen atoms in total. The molecule has 0 aliphatic heterocycles. The molecule has 0 fully saturated rings. The van der Waals surface area contributed by atoms with E-state index >= 15 is 0 Å². The maximum atomic E-state index is 10.9. The van der Waals surface area contributed by atoms with E-state index in [9.17, 15) is 5.21 Å². The van der Waals surface area contributed by atoms with Crippen molar-refractivity contribution < 1.29 is 10.4 Å². The molecule has 1 unspecified atom stereocenters. The number of hydrogen-bond donors (Lipinski definition) is 3. The van der Waals surface area contributed by atoms with Gasteiger partial charge in [-0.2, -0.15) is 5.23 Å². The highest BCUT2D eigenvalue weighted by atomic mass is 35.5. The fourth-order valence-corrected chi connectivity index (χ4v) is 2.00. The van der Waals surface area contributed by atoms with Crippen LogP contribution in [0.15, 0.2) is 36.4 Å². The molecule has 0 aliphatic rings. The topological polar surface area (TPSA) is 59.8 Å². The van der Waals surface area contributed by atoms with E-state index in [1.54, 1.807) is 18.2 Å². The Hall–Kier alpha value is -1.59. The van der Waals surface area contributed by atoms with Gasteiger partial charge in [0, 0.05) is 28.5 Å². The van der Waals surface area contributed by atoms with Gasteiger partial charge in [0.2, 0.25) is 0 Å². The van der Waals surface area contributed by atoms with Gasteiger partial charge in [-0.05, 0) is 43.2 Å². The smallest absolute Gasteiger partial charge is 0.164 e. The summed E-state index contributed by atoms with van der Waals surface area (Å²) in [5.41, 5.74) is 3.91. The zero-order valence-electron chi connectivity index (χ0n) is 10.7. The number of hydrogen-bond acceptors (Lipinski definition) is 3. The number of quaternary nitrogens is 1. The van der Waals surface area contributed by atoms with Gasteiger partial charge in [0.15, 0.2) is 5.69 Å². The summed E-state index contributed by atoms with van der Waals surface area (Å²) in [5.74, 6) is 0. The Labute approximate surface area is 116 Å². The lowest BCUT2D eigenvalue weighted by Crippen LogP contribution is -2.99. The van der Waals surface area contributed by atoms with Crippen LogP contribution in [-0.4, -0.2) is 5.21 Å². The minimum Gasteiger partial charge on any atom is -0.595 e. The number of anilines is 2. The van der Waals surface area contributed by atoms with E-state index in [1.165, 1.54) is 0 Å². The number of benzene rings is 2. The third-order valence-electron chi connectivity index (χ3n) is 3.01. The van der Waals surface area contributed by atoms with E-state index in [0.29, 0.717) is 5.02 Å². The molecule has 1 atom stereocenters. The van der Waals surface area contributed by atoms with Crippen LogP contribution in [0.5, 0.6) is 0 Å². The minimum absolute atomic E-state index is 0.283. The van der Waals surface area contributed by atoms with Crippen LogP contribution in [-0.2, 0) is 0 Å². The van der Waals surface area contributed by atoms with E-state index in [2.05, 4.69) is 5.32 Å². The Kier molecular flexibility index (Phi) is 4.07. The molecule has 2 rings (SSSR count). The largest absolute Gasteiger partial charge is 0.595 e. The van der Waals surface area contributed by atoms with Crippen LogP contribution >= 0.6 is 11.6 Å². The van der Waals surface area contributed by atoms with Gasteiger partial charge < -0.3 is 10.5 Å². The lowest BCUT2D eigenvalue weighted by molar-refractivity contribution is -0.991. The van der Waals surface area contributed by atoms with E-state index in [-0.39, 0.29) is 5.69 Å². The normalized spacial score (nSPS) is 12.3. The minimum atomic E-state index is -0.923. The van der Waals surface area contributed by atoms with Crippen molar-refractivity contribution in [1.29, 1.82) is 0 Å². The Bertz CT molecular complexity index is 600. The zero-order valence-corrected chi connectivity index (χ0v) is 11.5. The Morgan fingerprint density at radius 2 is 1.89 bits per heavy atom. The highest BCUT2D eigenvalue weighted by Crippen LogP contribution is 2.28. The van der Waals surface area contributed by atoms with Crippen LogP contribution in [0.4, 0.5) is 17.1 Å². The van der Waals surface area contributed by atoms with E-state index in [0.717, 1.165) is 22.5 Å². The summed E-state index contributed by atoms with van der Waals surface area (Å²) >= 11 is 6.07. The molecule has 2 aromatic rings. The van der Waals surface area contributed by atoms with Crippen molar-refractivity contribution in [1.82, 2.24) is 0 Å². The Balaban J connectivity index is 2.31. The Morgan fingerprint density at radius 1 is 1.16 bits per heavy atom. The first kappa shape index (κ1) is 13.8. The van der Waals surface area contributed by atoms with Crippen molar-refractivity contribution in [2.24, 2.45) is 0 Å². The number of halogens is 1. The molecule has 0 aromatic heterocycles. The van der Waals surface area contributed by atoms with Crippen LogP contribution in [0.25, 0.3) is 0 Å². The average molecular weight is 279 g/mol. The summed E-state index contributed by atoms with van der Waals surface area (Å²) in [7, 11) is 0. The first-order valence-electron chi connectivity index (χ1n) is 5.85. The molecule has 0 heterocycles. The van der Waals surface area contributed by atoms with E-state index in [1.807, 2.05) is 32.0 Å². The van der Waals surface area contributed by atoms with Crippen molar-refractivity contribution in [3.63, 3.8) is 0 Å². The van der Waals surface area contributed by atoms with Crippen LogP contribution in [0.3, 0.4) is 0 Å². The van der Waals surface area contributed by atoms with Gasteiger partial charge in [-0.1, -0.05) is 17.7 Å². The molecule has 19 heavy (non-hydrogen) atoms. The number of rotatable bonds is 3. The van der Waals surface area contributed by atoms with Crippen LogP contribution < -0.4 is 10.5 Å². The summed E-state index contributed by atoms with van der Waals surface area (Å²) in [6.45, 7) is 3.81. The number of nitrogens with one attached hydrogen (secondary N) is 2. The molecule has 5 heteroatoms. The van der Waals surface area contributed by atoms with E-state index < -0.39 is 5.23 Å². The van der Waals surface area contributed by atoms with Crippen LogP contribution in [0.2, 0.25) is 5.02 Å². The third-order valence-corrected chi connectivity index (χ3v) is 3.42. The SMILES string of the molecule is Cc1cc([NH+]([O-])O)ccc1Nc1cccc(Cl)c1C. The van der Waals surface area contributed by atoms with Gasteiger partial charge >= 0.3 is 0 Å². The van der Waals surface area contributed by atoms with Gasteiger partial charge in [-0.3, -0.25) is 0 Å². The Morgan fingerprint density at radius 3 is 2.53 bits per heavy atom. The fourth-order valence-electron chi connectivity index (χ4n) is 1.82. The van der Waals surface area contributed by atoms with Gasteiger partial charge in [0.1, 0.15) is 0 Å². The molecule has 0 saturated carbocycles. The predicted octanol–water partition coefficient (Wildman–Crippen LogP) is 3.10. The highest BCUT2D eigenvalue weighted by molar-refractivity contribution is 6.31. The van der Waals surface area contributed by atoms with E-state index in [4.69, 9.17) is 16.8 Å². The molecule has 0 radical (unpaired) electrons. The summed E-state index contributed by atoms with van der Waals surface area (Å²) in [4.78, 5) is 0. The lowest BCUT2D eigenvalue weighted by Gasteiger charge is -2.16. The monoisotopic (exact) mass is 278 g/mol. The highest BCUT2D eigenvalue weighted by Gasteiger charge is 2.07. The maximum absolute atomic E-state index is 10.9. The quantitative estimate of drug-likeness (QED) is 0.756. The lowest BCUT2D eigenvalue weighted by atomic mass is 10.1. The molecular formula is C14H15ClN2O2. The van der Waals surface area contributed by atoms with Crippen molar-refractivity contribution in [2.45, 2.75) is 13.8 Å². The van der Waals surface area contributed by atoms with Crippen molar-refractivity contribution in [2.75, 3.05) is 5.32 Å². The van der Waals surface area contributed by atoms with Crippen molar-refractivity contribution >= 4 is 28.7 Å². The molecule has 0 bridgehead atoms. The summed E-state index contributed by atoms with van der Waals surface area (Å²) in [6.07, 6.45) is 0.